The van der Waals surface area contributed by atoms with Crippen molar-refractivity contribution in [1.82, 2.24) is 25.4 Å². The molecule has 0 radical (unpaired) electrons. The van der Waals surface area contributed by atoms with Gasteiger partial charge in [-0.25, -0.2) is 4.79 Å². The molecule has 0 aliphatic heterocycles. The van der Waals surface area contributed by atoms with E-state index in [1.54, 1.807) is 0 Å². The average Bonchev–Trinajstić information content (AvgIpc) is 3.10. The zero-order valence-corrected chi connectivity index (χ0v) is 17.9. The van der Waals surface area contributed by atoms with E-state index in [2.05, 4.69) is 39.9 Å². The Morgan fingerprint density at radius 3 is 2.66 bits per heavy atom. The Kier molecular flexibility index (Phi) is 7.69. The zero-order valence-electron chi connectivity index (χ0n) is 17.1. The standard InChI is InChI=1S/C21H29N5O2S/c1-3-26-18(13-16-10-5-4-6-11-16)24-25-21(26)29-14-19(27)23-20(28)22-17-12-8-7-9-15(17)2/h4-6,10-11,15,17H,3,7-9,12-14H2,1-2H3,(H2,22,23,27,28). The first-order chi connectivity index (χ1) is 14.1. The fraction of sp³-hybridized carbons (Fsp3) is 0.524. The number of nitrogens with one attached hydrogen (secondary N) is 2. The van der Waals surface area contributed by atoms with Gasteiger partial charge < -0.3 is 9.88 Å². The van der Waals surface area contributed by atoms with Gasteiger partial charge in [-0.05, 0) is 31.2 Å². The Hall–Kier alpha value is -2.35. The number of carbonyl (C=O) groups excluding carboxylic acids is 2. The number of nitrogens with zero attached hydrogens (tertiary/aromatic N) is 3. The van der Waals surface area contributed by atoms with Crippen LogP contribution in [0.1, 0.15) is 50.9 Å². The van der Waals surface area contributed by atoms with Gasteiger partial charge >= 0.3 is 6.03 Å². The molecule has 0 spiro atoms. The third-order valence-corrected chi connectivity index (χ3v) is 6.29. The first kappa shape index (κ1) is 21.4. The molecule has 0 bridgehead atoms. The fourth-order valence-corrected chi connectivity index (χ4v) is 4.50. The van der Waals surface area contributed by atoms with E-state index in [-0.39, 0.29) is 17.7 Å². The molecule has 1 aliphatic carbocycles. The summed E-state index contributed by atoms with van der Waals surface area (Å²) in [5, 5.41) is 14.6. The van der Waals surface area contributed by atoms with Gasteiger partial charge in [-0.2, -0.15) is 0 Å². The van der Waals surface area contributed by atoms with Gasteiger partial charge in [-0.15, -0.1) is 10.2 Å². The quantitative estimate of drug-likeness (QED) is 0.677. The Morgan fingerprint density at radius 2 is 1.93 bits per heavy atom. The van der Waals surface area contributed by atoms with E-state index in [4.69, 9.17) is 0 Å². The lowest BCUT2D eigenvalue weighted by Crippen LogP contribution is -2.48. The minimum Gasteiger partial charge on any atom is -0.335 e. The average molecular weight is 416 g/mol. The van der Waals surface area contributed by atoms with E-state index in [0.717, 1.165) is 37.2 Å². The number of imide groups is 1. The maximum absolute atomic E-state index is 12.2. The molecule has 29 heavy (non-hydrogen) atoms. The summed E-state index contributed by atoms with van der Waals surface area (Å²) in [6, 6.07) is 9.84. The minimum atomic E-state index is -0.406. The maximum atomic E-state index is 12.2. The summed E-state index contributed by atoms with van der Waals surface area (Å²) in [5.74, 6) is 1.11. The minimum absolute atomic E-state index is 0.122. The zero-order chi connectivity index (χ0) is 20.6. The highest BCUT2D eigenvalue weighted by Gasteiger charge is 2.23. The molecule has 1 aromatic carbocycles. The molecule has 2 aromatic rings. The molecule has 156 valence electrons. The second-order valence-electron chi connectivity index (χ2n) is 7.48. The van der Waals surface area contributed by atoms with Crippen molar-refractivity contribution in [3.05, 3.63) is 41.7 Å². The monoisotopic (exact) mass is 415 g/mol. The van der Waals surface area contributed by atoms with Gasteiger partial charge in [0, 0.05) is 19.0 Å². The van der Waals surface area contributed by atoms with Crippen molar-refractivity contribution in [3.63, 3.8) is 0 Å². The molecule has 0 saturated heterocycles. The topological polar surface area (TPSA) is 88.9 Å². The fourth-order valence-electron chi connectivity index (χ4n) is 3.68. The molecule has 3 amide bonds. The number of hydrogen-bond donors (Lipinski definition) is 2. The second kappa shape index (κ2) is 10.4. The van der Waals surface area contributed by atoms with Crippen molar-refractivity contribution in [3.8, 4) is 0 Å². The number of aromatic nitrogens is 3. The van der Waals surface area contributed by atoms with E-state index in [1.807, 2.05) is 29.7 Å². The van der Waals surface area contributed by atoms with Crippen LogP contribution >= 0.6 is 11.8 Å². The van der Waals surface area contributed by atoms with Crippen LogP contribution in [-0.2, 0) is 17.8 Å². The van der Waals surface area contributed by atoms with Crippen LogP contribution < -0.4 is 10.6 Å². The van der Waals surface area contributed by atoms with E-state index in [1.165, 1.54) is 18.2 Å². The van der Waals surface area contributed by atoms with Gasteiger partial charge in [0.25, 0.3) is 0 Å². The molecule has 1 saturated carbocycles. The van der Waals surface area contributed by atoms with Crippen molar-refractivity contribution in [2.75, 3.05) is 5.75 Å². The van der Waals surface area contributed by atoms with Gasteiger partial charge in [0.2, 0.25) is 5.91 Å². The maximum Gasteiger partial charge on any atom is 0.321 e. The molecular weight excluding hydrogens is 386 g/mol. The summed E-state index contributed by atoms with van der Waals surface area (Å²) < 4.78 is 2.01. The molecule has 1 aromatic heterocycles. The van der Waals surface area contributed by atoms with Gasteiger partial charge in [0.1, 0.15) is 5.82 Å². The van der Waals surface area contributed by atoms with Gasteiger partial charge in [-0.3, -0.25) is 10.1 Å². The molecule has 2 N–H and O–H groups in total. The highest BCUT2D eigenvalue weighted by Crippen LogP contribution is 2.23. The van der Waals surface area contributed by atoms with Crippen LogP contribution in [0.3, 0.4) is 0 Å². The third-order valence-electron chi connectivity index (χ3n) is 5.33. The molecule has 3 rings (SSSR count). The molecule has 1 aliphatic rings. The van der Waals surface area contributed by atoms with Gasteiger partial charge in [0.15, 0.2) is 5.16 Å². The van der Waals surface area contributed by atoms with E-state index < -0.39 is 6.03 Å². The number of carbonyl (C=O) groups is 2. The lowest BCUT2D eigenvalue weighted by atomic mass is 9.86. The first-order valence-electron chi connectivity index (χ1n) is 10.3. The Morgan fingerprint density at radius 1 is 1.17 bits per heavy atom. The highest BCUT2D eigenvalue weighted by molar-refractivity contribution is 7.99. The van der Waals surface area contributed by atoms with Crippen LogP contribution in [0.4, 0.5) is 4.79 Å². The summed E-state index contributed by atoms with van der Waals surface area (Å²) in [4.78, 5) is 24.3. The normalized spacial score (nSPS) is 19.0. The van der Waals surface area contributed by atoms with Crippen molar-refractivity contribution in [2.45, 2.75) is 63.7 Å². The number of thioether (sulfide) groups is 1. The van der Waals surface area contributed by atoms with Crippen LogP contribution in [0.2, 0.25) is 0 Å². The predicted molar refractivity (Wildman–Crippen MR) is 114 cm³/mol. The lowest BCUT2D eigenvalue weighted by Gasteiger charge is -2.29. The van der Waals surface area contributed by atoms with Crippen LogP contribution in [-0.4, -0.2) is 38.5 Å². The Bertz CT molecular complexity index is 824. The second-order valence-corrected chi connectivity index (χ2v) is 8.43. The van der Waals surface area contributed by atoms with Gasteiger partial charge in [-0.1, -0.05) is 61.9 Å². The van der Waals surface area contributed by atoms with Gasteiger partial charge in [0.05, 0.1) is 5.75 Å². The van der Waals surface area contributed by atoms with Crippen molar-refractivity contribution < 1.29 is 9.59 Å². The molecule has 2 unspecified atom stereocenters. The predicted octanol–water partition coefficient (Wildman–Crippen LogP) is 3.39. The molecular formula is C21H29N5O2S. The Labute approximate surface area is 176 Å². The van der Waals surface area contributed by atoms with Crippen LogP contribution in [0.15, 0.2) is 35.5 Å². The van der Waals surface area contributed by atoms with E-state index in [0.29, 0.717) is 17.5 Å². The lowest BCUT2D eigenvalue weighted by molar-refractivity contribution is -0.117. The molecule has 2 atom stereocenters. The van der Waals surface area contributed by atoms with Crippen LogP contribution in [0, 0.1) is 5.92 Å². The molecule has 8 heteroatoms. The van der Waals surface area contributed by atoms with Crippen LogP contribution in [0.5, 0.6) is 0 Å². The summed E-state index contributed by atoms with van der Waals surface area (Å²) in [6.45, 7) is 4.90. The summed E-state index contributed by atoms with van der Waals surface area (Å²) in [7, 11) is 0. The number of rotatable bonds is 7. The summed E-state index contributed by atoms with van der Waals surface area (Å²) in [6.07, 6.45) is 5.11. The molecule has 1 heterocycles. The van der Waals surface area contributed by atoms with E-state index in [9.17, 15) is 9.59 Å². The first-order valence-corrected chi connectivity index (χ1v) is 11.2. The van der Waals surface area contributed by atoms with E-state index >= 15 is 0 Å². The Balaban J connectivity index is 1.50. The smallest absolute Gasteiger partial charge is 0.321 e. The largest absolute Gasteiger partial charge is 0.335 e. The SMILES string of the molecule is CCn1c(Cc2ccccc2)nnc1SCC(=O)NC(=O)NC1CCCCC1C. The highest BCUT2D eigenvalue weighted by atomic mass is 32.2. The van der Waals surface area contributed by atoms with Crippen molar-refractivity contribution in [2.24, 2.45) is 5.92 Å². The number of amides is 3. The molecule has 7 nitrogen and oxygen atoms in total. The number of urea groups is 1. The van der Waals surface area contributed by atoms with Crippen LogP contribution in [0.25, 0.3) is 0 Å². The third kappa shape index (κ3) is 6.06. The van der Waals surface area contributed by atoms with Crippen molar-refractivity contribution in [1.29, 1.82) is 0 Å². The number of benzene rings is 1. The molecule has 1 fully saturated rings. The van der Waals surface area contributed by atoms with Crippen molar-refractivity contribution >= 4 is 23.7 Å². The summed E-state index contributed by atoms with van der Waals surface area (Å²) in [5.41, 5.74) is 1.16. The number of hydrogen-bond acceptors (Lipinski definition) is 5. The summed E-state index contributed by atoms with van der Waals surface area (Å²) >= 11 is 1.30.